The van der Waals surface area contributed by atoms with E-state index in [1.54, 1.807) is 19.1 Å². The molecule has 1 N–H and O–H groups in total. The van der Waals surface area contributed by atoms with Gasteiger partial charge in [-0.25, -0.2) is 12.7 Å². The lowest BCUT2D eigenvalue weighted by molar-refractivity contribution is -0.118. The highest BCUT2D eigenvalue weighted by atomic mass is 32.2. The lowest BCUT2D eigenvalue weighted by Crippen LogP contribution is -2.24. The third-order valence-electron chi connectivity index (χ3n) is 5.74. The fourth-order valence-corrected chi connectivity index (χ4v) is 4.89. The molecule has 0 radical (unpaired) electrons. The topological polar surface area (TPSA) is 92.8 Å². The van der Waals surface area contributed by atoms with Gasteiger partial charge in [-0.15, -0.1) is 0 Å². The maximum absolute atomic E-state index is 12.6. The number of aryl methyl sites for hydroxylation is 2. The Morgan fingerprint density at radius 3 is 2.48 bits per heavy atom. The van der Waals surface area contributed by atoms with Crippen LogP contribution in [0.1, 0.15) is 51.9 Å². The lowest BCUT2D eigenvalue weighted by atomic mass is 9.97. The van der Waals surface area contributed by atoms with Gasteiger partial charge >= 0.3 is 0 Å². The maximum Gasteiger partial charge on any atom is 0.262 e. The molecule has 0 bridgehead atoms. The van der Waals surface area contributed by atoms with Gasteiger partial charge in [0.05, 0.1) is 10.5 Å². The van der Waals surface area contributed by atoms with E-state index in [4.69, 9.17) is 4.74 Å². The lowest BCUT2D eigenvalue weighted by Gasteiger charge is -2.17. The molecule has 0 heterocycles. The Kier molecular flexibility index (Phi) is 6.25. The zero-order chi connectivity index (χ0) is 23.1. The van der Waals surface area contributed by atoms with Crippen LogP contribution in [-0.4, -0.2) is 45.1 Å². The Hall–Kier alpha value is -2.71. The molecular formula is C23H28N2O5S. The molecule has 2 aromatic rings. The van der Waals surface area contributed by atoms with Crippen molar-refractivity contribution in [2.24, 2.45) is 0 Å². The van der Waals surface area contributed by atoms with Crippen LogP contribution >= 0.6 is 0 Å². The number of nitrogens with one attached hydrogen (secondary N) is 1. The molecule has 8 heteroatoms. The zero-order valence-electron chi connectivity index (χ0n) is 18.7. The van der Waals surface area contributed by atoms with Crippen LogP contribution in [0.2, 0.25) is 0 Å². The van der Waals surface area contributed by atoms with E-state index >= 15 is 0 Å². The molecule has 0 spiro atoms. The van der Waals surface area contributed by atoms with Gasteiger partial charge in [0, 0.05) is 26.2 Å². The largest absolute Gasteiger partial charge is 0.483 e. The smallest absolute Gasteiger partial charge is 0.262 e. The number of carbonyl (C=O) groups excluding carboxylic acids is 2. The molecule has 0 saturated heterocycles. The SMILES string of the molecule is Cc1cc(S(=O)(=O)N(C)C)cc(NC(=O)COc2ccc(C)c3c2C(=O)C[C@@H]3C)c1C. The summed E-state index contributed by atoms with van der Waals surface area (Å²) in [7, 11) is -0.724. The minimum absolute atomic E-state index is 0.0228. The molecule has 0 aliphatic heterocycles. The maximum atomic E-state index is 12.6. The number of carbonyl (C=O) groups is 2. The Morgan fingerprint density at radius 1 is 1.16 bits per heavy atom. The number of ketones is 1. The molecule has 1 amide bonds. The number of nitrogens with zero attached hydrogens (tertiary/aromatic N) is 1. The normalized spacial score (nSPS) is 15.8. The second-order valence-electron chi connectivity index (χ2n) is 8.23. The van der Waals surface area contributed by atoms with Gasteiger partial charge in [0.2, 0.25) is 10.0 Å². The Morgan fingerprint density at radius 2 is 1.84 bits per heavy atom. The molecule has 31 heavy (non-hydrogen) atoms. The fraction of sp³-hybridized carbons (Fsp3) is 0.391. The number of rotatable bonds is 6. The molecule has 0 unspecified atom stereocenters. The van der Waals surface area contributed by atoms with E-state index in [-0.39, 0.29) is 23.2 Å². The summed E-state index contributed by atoms with van der Waals surface area (Å²) < 4.78 is 31.8. The molecule has 0 saturated carbocycles. The van der Waals surface area contributed by atoms with E-state index in [0.29, 0.717) is 23.4 Å². The van der Waals surface area contributed by atoms with Crippen LogP contribution in [0.4, 0.5) is 5.69 Å². The molecule has 0 aromatic heterocycles. The van der Waals surface area contributed by atoms with Gasteiger partial charge in [-0.1, -0.05) is 13.0 Å². The number of benzene rings is 2. The summed E-state index contributed by atoms with van der Waals surface area (Å²) in [6, 6.07) is 6.64. The zero-order valence-corrected chi connectivity index (χ0v) is 19.5. The van der Waals surface area contributed by atoms with E-state index < -0.39 is 15.9 Å². The van der Waals surface area contributed by atoms with Crippen molar-refractivity contribution in [2.75, 3.05) is 26.0 Å². The van der Waals surface area contributed by atoms with Gasteiger partial charge in [0.15, 0.2) is 12.4 Å². The number of amides is 1. The number of sulfonamides is 1. The average Bonchev–Trinajstić information content (AvgIpc) is 2.99. The predicted molar refractivity (Wildman–Crippen MR) is 119 cm³/mol. The van der Waals surface area contributed by atoms with E-state index in [9.17, 15) is 18.0 Å². The van der Waals surface area contributed by atoms with Crippen LogP contribution in [0.25, 0.3) is 0 Å². The van der Waals surface area contributed by atoms with Crippen molar-refractivity contribution in [3.05, 3.63) is 52.1 Å². The van der Waals surface area contributed by atoms with Crippen LogP contribution in [0.3, 0.4) is 0 Å². The van der Waals surface area contributed by atoms with Gasteiger partial charge in [0.25, 0.3) is 5.91 Å². The van der Waals surface area contributed by atoms with Crippen molar-refractivity contribution in [1.82, 2.24) is 4.31 Å². The first-order valence-electron chi connectivity index (χ1n) is 10.1. The van der Waals surface area contributed by atoms with Gasteiger partial charge in [-0.2, -0.15) is 0 Å². The van der Waals surface area contributed by atoms with Gasteiger partial charge < -0.3 is 10.1 Å². The van der Waals surface area contributed by atoms with Crippen molar-refractivity contribution in [1.29, 1.82) is 0 Å². The van der Waals surface area contributed by atoms with Crippen molar-refractivity contribution in [2.45, 2.75) is 44.9 Å². The second-order valence-corrected chi connectivity index (χ2v) is 10.4. The summed E-state index contributed by atoms with van der Waals surface area (Å²) >= 11 is 0. The van der Waals surface area contributed by atoms with E-state index in [0.717, 1.165) is 26.6 Å². The van der Waals surface area contributed by atoms with Crippen molar-refractivity contribution < 1.29 is 22.7 Å². The molecular weight excluding hydrogens is 416 g/mol. The molecule has 2 aromatic carbocycles. The van der Waals surface area contributed by atoms with Crippen molar-refractivity contribution in [3.8, 4) is 5.75 Å². The minimum atomic E-state index is -3.64. The van der Waals surface area contributed by atoms with Crippen LogP contribution < -0.4 is 10.1 Å². The number of Topliss-reactive ketones (excluding diaryl/α,β-unsaturated/α-hetero) is 1. The number of ether oxygens (including phenoxy) is 1. The highest BCUT2D eigenvalue weighted by Gasteiger charge is 2.31. The minimum Gasteiger partial charge on any atom is -0.483 e. The van der Waals surface area contributed by atoms with Crippen LogP contribution in [0.15, 0.2) is 29.2 Å². The first kappa shape index (κ1) is 23.0. The predicted octanol–water partition coefficient (Wildman–Crippen LogP) is 3.57. The van der Waals surface area contributed by atoms with Crippen LogP contribution in [-0.2, 0) is 14.8 Å². The summed E-state index contributed by atoms with van der Waals surface area (Å²) in [5, 5.41) is 2.74. The number of anilines is 1. The van der Waals surface area contributed by atoms with Crippen LogP contribution in [0, 0.1) is 20.8 Å². The molecule has 0 fully saturated rings. The summed E-state index contributed by atoms with van der Waals surface area (Å²) in [4.78, 5) is 25.1. The quantitative estimate of drug-likeness (QED) is 0.735. The van der Waals surface area contributed by atoms with Gasteiger partial charge in [0.1, 0.15) is 5.75 Å². The number of fused-ring (bicyclic) bond motifs is 1. The fourth-order valence-electron chi connectivity index (χ4n) is 3.87. The Balaban J connectivity index is 1.80. The first-order chi connectivity index (χ1) is 14.4. The Labute approximate surface area is 183 Å². The number of hydrogen-bond acceptors (Lipinski definition) is 5. The standard InChI is InChI=1S/C23H28N2O5S/c1-13-7-8-20(23-19(26)10-15(3)22(13)23)30-12-21(27)24-18-11-17(9-14(2)16(18)4)31(28,29)25(5)6/h7-9,11,15H,10,12H2,1-6H3,(H,24,27)/t15-/m0/s1. The second kappa shape index (κ2) is 8.43. The Bertz CT molecular complexity index is 1170. The molecule has 3 rings (SSSR count). The first-order valence-corrected chi connectivity index (χ1v) is 11.5. The highest BCUT2D eigenvalue weighted by molar-refractivity contribution is 7.89. The van der Waals surface area contributed by atoms with Gasteiger partial charge in [-0.05, 0) is 67.1 Å². The van der Waals surface area contributed by atoms with E-state index in [1.165, 1.54) is 20.2 Å². The summed E-state index contributed by atoms with van der Waals surface area (Å²) in [5.41, 5.74) is 4.51. The van der Waals surface area contributed by atoms with Gasteiger partial charge in [-0.3, -0.25) is 9.59 Å². The van der Waals surface area contributed by atoms with Crippen LogP contribution in [0.5, 0.6) is 5.75 Å². The molecule has 7 nitrogen and oxygen atoms in total. The molecule has 1 atom stereocenters. The molecule has 166 valence electrons. The molecule has 1 aliphatic rings. The monoisotopic (exact) mass is 444 g/mol. The highest BCUT2D eigenvalue weighted by Crippen LogP contribution is 2.40. The average molecular weight is 445 g/mol. The van der Waals surface area contributed by atoms with Crippen molar-refractivity contribution in [3.63, 3.8) is 0 Å². The van der Waals surface area contributed by atoms with E-state index in [1.807, 2.05) is 26.8 Å². The van der Waals surface area contributed by atoms with E-state index in [2.05, 4.69) is 5.32 Å². The summed E-state index contributed by atoms with van der Waals surface area (Å²) in [6.07, 6.45) is 0.439. The summed E-state index contributed by atoms with van der Waals surface area (Å²) in [6.45, 7) is 7.28. The third-order valence-corrected chi connectivity index (χ3v) is 7.53. The third kappa shape index (κ3) is 4.36. The van der Waals surface area contributed by atoms with Crippen molar-refractivity contribution >= 4 is 27.4 Å². The summed E-state index contributed by atoms with van der Waals surface area (Å²) in [5.74, 6) is 0.123. The number of hydrogen-bond donors (Lipinski definition) is 1. The molecule has 1 aliphatic carbocycles.